The molecule has 0 saturated heterocycles. The van der Waals surface area contributed by atoms with Gasteiger partial charge in [-0.25, -0.2) is 0 Å². The lowest BCUT2D eigenvalue weighted by atomic mass is 10.0. The molecule has 0 aliphatic rings. The average molecular weight is 243 g/mol. The Balaban J connectivity index is 3.33. The lowest BCUT2D eigenvalue weighted by Crippen LogP contribution is -2.00. The van der Waals surface area contributed by atoms with Crippen molar-refractivity contribution in [3.05, 3.63) is 28.8 Å². The minimum absolute atomic E-state index is 0.357. The first-order chi connectivity index (χ1) is 7.11. The molecule has 0 aliphatic carbocycles. The molecular formula is C12H15ClOS. The van der Waals surface area contributed by atoms with E-state index in [4.69, 9.17) is 11.6 Å². The van der Waals surface area contributed by atoms with E-state index in [2.05, 4.69) is 20.8 Å². The van der Waals surface area contributed by atoms with Crippen molar-refractivity contribution in [1.29, 1.82) is 0 Å². The minimum Gasteiger partial charge on any atom is -0.276 e. The highest BCUT2D eigenvalue weighted by Gasteiger charge is 2.13. The van der Waals surface area contributed by atoms with Gasteiger partial charge in [0.25, 0.3) is 5.24 Å². The Hall–Kier alpha value is -0.470. The molecule has 0 bridgehead atoms. The molecule has 1 nitrogen and oxygen atoms in total. The van der Waals surface area contributed by atoms with Crippen LogP contribution in [0.25, 0.3) is 0 Å². The maximum atomic E-state index is 11.2. The largest absolute Gasteiger partial charge is 0.276 e. The van der Waals surface area contributed by atoms with Crippen molar-refractivity contribution >= 4 is 28.6 Å². The van der Waals surface area contributed by atoms with Crippen LogP contribution in [0.2, 0.25) is 0 Å². The van der Waals surface area contributed by atoms with E-state index in [-0.39, 0.29) is 5.24 Å². The maximum absolute atomic E-state index is 11.2. The number of aryl methyl sites for hydroxylation is 1. The number of hydrogen-bond acceptors (Lipinski definition) is 2. The molecular weight excluding hydrogens is 228 g/mol. The second kappa shape index (κ2) is 5.57. The topological polar surface area (TPSA) is 17.1 Å². The van der Waals surface area contributed by atoms with Crippen molar-refractivity contribution in [2.24, 2.45) is 0 Å². The highest BCUT2D eigenvalue weighted by Crippen LogP contribution is 2.30. The van der Waals surface area contributed by atoms with Crippen molar-refractivity contribution in [1.82, 2.24) is 0 Å². The molecule has 0 N–H and O–H groups in total. The Morgan fingerprint density at radius 2 is 2.07 bits per heavy atom. The van der Waals surface area contributed by atoms with Crippen LogP contribution in [-0.4, -0.2) is 11.0 Å². The van der Waals surface area contributed by atoms with Crippen molar-refractivity contribution in [3.8, 4) is 0 Å². The molecule has 1 aromatic rings. The van der Waals surface area contributed by atoms with Gasteiger partial charge in [-0.1, -0.05) is 19.9 Å². The van der Waals surface area contributed by atoms with Gasteiger partial charge in [0.05, 0.1) is 0 Å². The van der Waals surface area contributed by atoms with Crippen LogP contribution in [0, 0.1) is 6.92 Å². The van der Waals surface area contributed by atoms with Gasteiger partial charge in [-0.2, -0.15) is 0 Å². The zero-order chi connectivity index (χ0) is 11.4. The van der Waals surface area contributed by atoms with Gasteiger partial charge in [-0.3, -0.25) is 4.79 Å². The number of halogens is 1. The van der Waals surface area contributed by atoms with Gasteiger partial charge < -0.3 is 0 Å². The summed E-state index contributed by atoms with van der Waals surface area (Å²) in [6.07, 6.45) is 0.845. The summed E-state index contributed by atoms with van der Waals surface area (Å²) < 4.78 is 0. The van der Waals surface area contributed by atoms with Crippen LogP contribution in [0.15, 0.2) is 17.0 Å². The van der Waals surface area contributed by atoms with Gasteiger partial charge in [-0.15, -0.1) is 11.8 Å². The fourth-order valence-corrected chi connectivity index (χ4v) is 2.82. The van der Waals surface area contributed by atoms with E-state index in [9.17, 15) is 4.79 Å². The van der Waals surface area contributed by atoms with E-state index in [1.165, 1.54) is 10.5 Å². The summed E-state index contributed by atoms with van der Waals surface area (Å²) in [7, 11) is 0. The van der Waals surface area contributed by atoms with Crippen LogP contribution in [0.5, 0.6) is 0 Å². The molecule has 0 saturated carbocycles. The van der Waals surface area contributed by atoms with Crippen molar-refractivity contribution in [2.45, 2.75) is 32.1 Å². The second-order valence-corrected chi connectivity index (χ2v) is 4.92. The Morgan fingerprint density at radius 1 is 1.40 bits per heavy atom. The minimum atomic E-state index is -0.357. The predicted molar refractivity (Wildman–Crippen MR) is 67.1 cm³/mol. The molecule has 1 rings (SSSR count). The van der Waals surface area contributed by atoms with Gasteiger partial charge in [0.15, 0.2) is 0 Å². The Bertz CT molecular complexity index is 374. The second-order valence-electron chi connectivity index (χ2n) is 3.30. The standard InChI is InChI=1S/C12H15ClOS/c1-4-9-10(12(13)14)7-6-8(3)11(9)15-5-2/h6-7H,4-5H2,1-3H3. The zero-order valence-electron chi connectivity index (χ0n) is 9.26. The van der Waals surface area contributed by atoms with Crippen LogP contribution in [0.3, 0.4) is 0 Å². The molecule has 82 valence electrons. The van der Waals surface area contributed by atoms with Crippen molar-refractivity contribution < 1.29 is 4.79 Å². The third-order valence-corrected chi connectivity index (χ3v) is 3.66. The summed E-state index contributed by atoms with van der Waals surface area (Å²) in [5, 5.41) is -0.357. The first-order valence-electron chi connectivity index (χ1n) is 5.06. The average Bonchev–Trinajstić information content (AvgIpc) is 2.20. The lowest BCUT2D eigenvalue weighted by Gasteiger charge is -2.12. The van der Waals surface area contributed by atoms with E-state index in [1.807, 2.05) is 12.1 Å². The normalized spacial score (nSPS) is 10.4. The van der Waals surface area contributed by atoms with Crippen LogP contribution in [0.4, 0.5) is 0 Å². The molecule has 0 radical (unpaired) electrons. The van der Waals surface area contributed by atoms with E-state index in [1.54, 1.807) is 11.8 Å². The van der Waals surface area contributed by atoms with Gasteiger partial charge in [-0.05, 0) is 47.9 Å². The number of carbonyl (C=O) groups excluding carboxylic acids is 1. The third-order valence-electron chi connectivity index (χ3n) is 2.31. The van der Waals surface area contributed by atoms with Gasteiger partial charge >= 0.3 is 0 Å². The molecule has 3 heteroatoms. The summed E-state index contributed by atoms with van der Waals surface area (Å²) in [6, 6.07) is 3.79. The van der Waals surface area contributed by atoms with E-state index < -0.39 is 0 Å². The van der Waals surface area contributed by atoms with Crippen LogP contribution in [0.1, 0.15) is 35.3 Å². The number of thioether (sulfide) groups is 1. The van der Waals surface area contributed by atoms with Crippen LogP contribution in [-0.2, 0) is 6.42 Å². The quantitative estimate of drug-likeness (QED) is 0.585. The monoisotopic (exact) mass is 242 g/mol. The lowest BCUT2D eigenvalue weighted by molar-refractivity contribution is 0.108. The Morgan fingerprint density at radius 3 is 2.53 bits per heavy atom. The van der Waals surface area contributed by atoms with Crippen molar-refractivity contribution in [3.63, 3.8) is 0 Å². The molecule has 0 fully saturated rings. The van der Waals surface area contributed by atoms with E-state index >= 15 is 0 Å². The van der Waals surface area contributed by atoms with E-state index in [0.717, 1.165) is 17.7 Å². The van der Waals surface area contributed by atoms with Gasteiger partial charge in [0, 0.05) is 10.5 Å². The maximum Gasteiger partial charge on any atom is 0.252 e. The molecule has 1 aromatic carbocycles. The first-order valence-corrected chi connectivity index (χ1v) is 6.43. The number of benzene rings is 1. The third kappa shape index (κ3) is 2.76. The SMILES string of the molecule is CCSc1c(C)ccc(C(=O)Cl)c1CC. The Kier molecular flexibility index (Phi) is 4.68. The molecule has 0 aromatic heterocycles. The molecule has 0 amide bonds. The first kappa shape index (κ1) is 12.6. The number of carbonyl (C=O) groups is 1. The smallest absolute Gasteiger partial charge is 0.252 e. The molecule has 15 heavy (non-hydrogen) atoms. The summed E-state index contributed by atoms with van der Waals surface area (Å²) >= 11 is 7.34. The fraction of sp³-hybridized carbons (Fsp3) is 0.417. The summed E-state index contributed by atoms with van der Waals surface area (Å²) in [4.78, 5) is 12.5. The van der Waals surface area contributed by atoms with Crippen LogP contribution >= 0.6 is 23.4 Å². The van der Waals surface area contributed by atoms with Crippen molar-refractivity contribution in [2.75, 3.05) is 5.75 Å². The highest BCUT2D eigenvalue weighted by atomic mass is 35.5. The molecule has 0 spiro atoms. The number of hydrogen-bond donors (Lipinski definition) is 0. The van der Waals surface area contributed by atoms with E-state index in [0.29, 0.717) is 5.56 Å². The number of rotatable bonds is 4. The molecule has 0 heterocycles. The highest BCUT2D eigenvalue weighted by molar-refractivity contribution is 7.99. The predicted octanol–water partition coefficient (Wildman–Crippen LogP) is 4.05. The van der Waals surface area contributed by atoms with Crippen LogP contribution < -0.4 is 0 Å². The zero-order valence-corrected chi connectivity index (χ0v) is 10.8. The fourth-order valence-electron chi connectivity index (χ4n) is 1.63. The summed E-state index contributed by atoms with van der Waals surface area (Å²) in [5.74, 6) is 1.01. The van der Waals surface area contributed by atoms with Gasteiger partial charge in [0.1, 0.15) is 0 Å². The molecule has 0 aliphatic heterocycles. The Labute approximate surface area is 100 Å². The summed E-state index contributed by atoms with van der Waals surface area (Å²) in [6.45, 7) is 6.23. The molecule has 0 unspecified atom stereocenters. The molecule has 0 atom stereocenters. The summed E-state index contributed by atoms with van der Waals surface area (Å²) in [5.41, 5.74) is 2.96. The van der Waals surface area contributed by atoms with Gasteiger partial charge in [0.2, 0.25) is 0 Å².